The molecule has 1 saturated heterocycles. The van der Waals surface area contributed by atoms with E-state index in [-0.39, 0.29) is 18.4 Å². The van der Waals surface area contributed by atoms with Crippen molar-refractivity contribution in [3.8, 4) is 0 Å². The summed E-state index contributed by atoms with van der Waals surface area (Å²) in [4.78, 5) is 27.9. The van der Waals surface area contributed by atoms with Crippen molar-refractivity contribution in [3.63, 3.8) is 0 Å². The summed E-state index contributed by atoms with van der Waals surface area (Å²) in [7, 11) is 0. The van der Waals surface area contributed by atoms with Crippen LogP contribution in [-0.2, 0) is 9.53 Å². The first kappa shape index (κ1) is 16.4. The fourth-order valence-corrected chi connectivity index (χ4v) is 2.80. The van der Waals surface area contributed by atoms with Crippen molar-refractivity contribution >= 4 is 11.9 Å². The Kier molecular flexibility index (Phi) is 5.49. The number of hydrogen-bond acceptors (Lipinski definition) is 4. The van der Waals surface area contributed by atoms with Gasteiger partial charge in [0.2, 0.25) is 0 Å². The molecule has 1 atom stereocenters. The van der Waals surface area contributed by atoms with Crippen molar-refractivity contribution in [2.24, 2.45) is 11.8 Å². The van der Waals surface area contributed by atoms with Crippen LogP contribution >= 0.6 is 0 Å². The van der Waals surface area contributed by atoms with Gasteiger partial charge in [-0.2, -0.15) is 0 Å². The lowest BCUT2D eigenvalue weighted by molar-refractivity contribution is -0.144. The topological polar surface area (TPSA) is 88.5 Å². The average Bonchev–Trinajstić information content (AvgIpc) is 2.48. The van der Waals surface area contributed by atoms with Crippen LogP contribution in [0.3, 0.4) is 0 Å². The summed E-state index contributed by atoms with van der Waals surface area (Å²) >= 11 is 0. The molecule has 0 saturated carbocycles. The Morgan fingerprint density at radius 2 is 2.05 bits per heavy atom. The molecule has 1 amide bonds. The number of rotatable bonds is 5. The van der Waals surface area contributed by atoms with Crippen molar-refractivity contribution in [1.29, 1.82) is 0 Å². The highest BCUT2D eigenvalue weighted by Crippen LogP contribution is 2.23. The smallest absolute Gasteiger partial charge is 0.308 e. The molecule has 0 spiro atoms. The second-order valence-corrected chi connectivity index (χ2v) is 5.69. The molecule has 6 heteroatoms. The highest BCUT2D eigenvalue weighted by atomic mass is 16.5. The predicted molar refractivity (Wildman–Crippen MR) is 80.7 cm³/mol. The molecule has 1 aliphatic rings. The molecule has 1 aliphatic heterocycles. The average molecular weight is 306 g/mol. The zero-order chi connectivity index (χ0) is 16.1. The van der Waals surface area contributed by atoms with Crippen LogP contribution in [0.15, 0.2) is 12.1 Å². The Morgan fingerprint density at radius 3 is 2.64 bits per heavy atom. The number of ether oxygens (including phenoxy) is 1. The largest absolute Gasteiger partial charge is 0.481 e. The molecule has 1 aromatic rings. The lowest BCUT2D eigenvalue weighted by Crippen LogP contribution is -2.39. The quantitative estimate of drug-likeness (QED) is 0.861. The van der Waals surface area contributed by atoms with Gasteiger partial charge in [0.25, 0.3) is 5.91 Å². The fraction of sp³-hybridized carbons (Fsp3) is 0.562. The first-order valence-electron chi connectivity index (χ1n) is 7.52. The number of carbonyl (C=O) groups excluding carboxylic acids is 1. The van der Waals surface area contributed by atoms with Crippen LogP contribution in [0.5, 0.6) is 0 Å². The third kappa shape index (κ3) is 4.04. The van der Waals surface area contributed by atoms with Gasteiger partial charge in [-0.25, -0.2) is 0 Å². The Balaban J connectivity index is 1.99. The van der Waals surface area contributed by atoms with Gasteiger partial charge >= 0.3 is 5.97 Å². The fourth-order valence-electron chi connectivity index (χ4n) is 2.80. The number of aryl methyl sites for hydroxylation is 2. The lowest BCUT2D eigenvalue weighted by atomic mass is 9.86. The van der Waals surface area contributed by atoms with Crippen LogP contribution in [0.4, 0.5) is 0 Å². The molecule has 2 heterocycles. The van der Waals surface area contributed by atoms with Crippen LogP contribution in [0, 0.1) is 25.7 Å². The molecule has 1 fully saturated rings. The normalized spacial score (nSPS) is 17.0. The number of hydrogen-bond donors (Lipinski definition) is 2. The lowest BCUT2D eigenvalue weighted by Gasteiger charge is -2.27. The molecular formula is C16H22N2O4. The van der Waals surface area contributed by atoms with Gasteiger partial charge in [-0.3, -0.25) is 14.6 Å². The molecule has 1 unspecified atom stereocenters. The van der Waals surface area contributed by atoms with Gasteiger partial charge in [0, 0.05) is 25.5 Å². The number of carboxylic acids is 1. The van der Waals surface area contributed by atoms with E-state index in [1.165, 1.54) is 0 Å². The monoisotopic (exact) mass is 306 g/mol. The number of aliphatic carboxylic acids is 1. The Hall–Kier alpha value is -1.95. The third-order valence-electron chi connectivity index (χ3n) is 4.10. The van der Waals surface area contributed by atoms with E-state index in [1.807, 2.05) is 6.92 Å². The number of carbonyl (C=O) groups is 2. The molecule has 2 N–H and O–H groups in total. The van der Waals surface area contributed by atoms with E-state index in [1.54, 1.807) is 19.1 Å². The highest BCUT2D eigenvalue weighted by Gasteiger charge is 2.30. The minimum absolute atomic E-state index is 0.0452. The predicted octanol–water partition coefficient (Wildman–Crippen LogP) is 1.56. The number of nitrogens with zero attached hydrogens (tertiary/aromatic N) is 1. The summed E-state index contributed by atoms with van der Waals surface area (Å²) in [6.07, 6.45) is 1.44. The van der Waals surface area contributed by atoms with Crippen LogP contribution in [0.25, 0.3) is 0 Å². The van der Waals surface area contributed by atoms with E-state index in [4.69, 9.17) is 4.74 Å². The summed E-state index contributed by atoms with van der Waals surface area (Å²) in [5.74, 6) is -1.68. The van der Waals surface area contributed by atoms with Crippen LogP contribution in [-0.4, -0.2) is 41.7 Å². The van der Waals surface area contributed by atoms with Crippen molar-refractivity contribution in [2.45, 2.75) is 26.7 Å². The van der Waals surface area contributed by atoms with Gasteiger partial charge in [-0.15, -0.1) is 0 Å². The van der Waals surface area contributed by atoms with E-state index in [0.29, 0.717) is 24.5 Å². The first-order chi connectivity index (χ1) is 10.5. The summed E-state index contributed by atoms with van der Waals surface area (Å²) < 4.78 is 5.26. The van der Waals surface area contributed by atoms with Gasteiger partial charge < -0.3 is 15.2 Å². The maximum atomic E-state index is 12.2. The SMILES string of the molecule is Cc1ccc(C(=O)NCC(C(=O)O)C2CCOCC2)c(C)n1. The minimum Gasteiger partial charge on any atom is -0.481 e. The number of amides is 1. The van der Waals surface area contributed by atoms with Gasteiger partial charge in [0.15, 0.2) is 0 Å². The van der Waals surface area contributed by atoms with Gasteiger partial charge in [-0.1, -0.05) is 0 Å². The summed E-state index contributed by atoms with van der Waals surface area (Å²) in [5, 5.41) is 12.1. The van der Waals surface area contributed by atoms with Crippen molar-refractivity contribution in [2.75, 3.05) is 19.8 Å². The standard InChI is InChI=1S/C16H22N2O4/c1-10-3-4-13(11(2)18-10)15(19)17-9-14(16(20)21)12-5-7-22-8-6-12/h3-4,12,14H,5-9H2,1-2H3,(H,17,19)(H,20,21). The Labute approximate surface area is 129 Å². The molecule has 22 heavy (non-hydrogen) atoms. The van der Waals surface area contributed by atoms with Crippen molar-refractivity contribution in [3.05, 3.63) is 29.1 Å². The molecule has 2 rings (SSSR count). The number of nitrogens with one attached hydrogen (secondary N) is 1. The first-order valence-corrected chi connectivity index (χ1v) is 7.52. The Morgan fingerprint density at radius 1 is 1.36 bits per heavy atom. The molecule has 120 valence electrons. The second kappa shape index (κ2) is 7.35. The van der Waals surface area contributed by atoms with Crippen molar-refractivity contribution in [1.82, 2.24) is 10.3 Å². The van der Waals surface area contributed by atoms with Crippen LogP contribution in [0.2, 0.25) is 0 Å². The zero-order valence-electron chi connectivity index (χ0n) is 13.0. The van der Waals surface area contributed by atoms with E-state index in [2.05, 4.69) is 10.3 Å². The van der Waals surface area contributed by atoms with Gasteiger partial charge in [0.05, 0.1) is 17.2 Å². The maximum Gasteiger partial charge on any atom is 0.308 e. The molecule has 0 bridgehead atoms. The molecule has 1 aromatic heterocycles. The molecule has 0 aromatic carbocycles. The maximum absolute atomic E-state index is 12.2. The number of pyridine rings is 1. The summed E-state index contributed by atoms with van der Waals surface area (Å²) in [5.41, 5.74) is 1.98. The third-order valence-corrected chi connectivity index (χ3v) is 4.10. The molecule has 6 nitrogen and oxygen atoms in total. The van der Waals surface area contributed by atoms with Gasteiger partial charge in [-0.05, 0) is 44.7 Å². The van der Waals surface area contributed by atoms with Crippen LogP contribution < -0.4 is 5.32 Å². The van der Waals surface area contributed by atoms with E-state index >= 15 is 0 Å². The summed E-state index contributed by atoms with van der Waals surface area (Å²) in [6, 6.07) is 3.49. The van der Waals surface area contributed by atoms with E-state index in [0.717, 1.165) is 18.5 Å². The van der Waals surface area contributed by atoms with Crippen molar-refractivity contribution < 1.29 is 19.4 Å². The Bertz CT molecular complexity index is 553. The van der Waals surface area contributed by atoms with Crippen LogP contribution in [0.1, 0.15) is 34.6 Å². The minimum atomic E-state index is -0.869. The highest BCUT2D eigenvalue weighted by molar-refractivity contribution is 5.95. The zero-order valence-corrected chi connectivity index (χ0v) is 13.0. The molecular weight excluding hydrogens is 284 g/mol. The summed E-state index contributed by atoms with van der Waals surface area (Å²) in [6.45, 7) is 4.94. The van der Waals surface area contributed by atoms with E-state index in [9.17, 15) is 14.7 Å². The number of carboxylic acid groups (broad SMARTS) is 1. The molecule has 0 aliphatic carbocycles. The number of aromatic nitrogens is 1. The second-order valence-electron chi connectivity index (χ2n) is 5.69. The van der Waals surface area contributed by atoms with Gasteiger partial charge in [0.1, 0.15) is 0 Å². The molecule has 0 radical (unpaired) electrons. The van der Waals surface area contributed by atoms with E-state index < -0.39 is 11.9 Å².